The monoisotopic (exact) mass is 606 g/mol. The van der Waals surface area contributed by atoms with Crippen LogP contribution in [0.5, 0.6) is 11.5 Å². The molecule has 0 aliphatic rings. The van der Waals surface area contributed by atoms with E-state index < -0.39 is 0 Å². The average molecular weight is 607 g/mol. The van der Waals surface area contributed by atoms with Gasteiger partial charge in [-0.05, 0) is 64.9 Å². The van der Waals surface area contributed by atoms with E-state index in [1.165, 1.54) is 0 Å². The first kappa shape index (κ1) is 29.4. The maximum Gasteiger partial charge on any atom is 0.149 e. The first-order valence-corrected chi connectivity index (χ1v) is 15.7. The second-order valence-electron chi connectivity index (χ2n) is 14.0. The average Bonchev–Trinajstić information content (AvgIpc) is 3.60. The van der Waals surface area contributed by atoms with Crippen molar-refractivity contribution in [1.29, 1.82) is 0 Å². The molecule has 0 aliphatic carbocycles. The Bertz CT molecular complexity index is 2250. The summed E-state index contributed by atoms with van der Waals surface area (Å²) in [6.07, 6.45) is 0. The van der Waals surface area contributed by atoms with Crippen LogP contribution in [0.3, 0.4) is 0 Å². The van der Waals surface area contributed by atoms with Crippen molar-refractivity contribution in [2.45, 2.75) is 52.4 Å². The largest absolute Gasteiger partial charge is 0.507 e. The van der Waals surface area contributed by atoms with Crippen molar-refractivity contribution < 1.29 is 10.2 Å². The van der Waals surface area contributed by atoms with Gasteiger partial charge in [0.2, 0.25) is 0 Å². The van der Waals surface area contributed by atoms with Crippen LogP contribution in [0.1, 0.15) is 52.7 Å². The van der Waals surface area contributed by atoms with Gasteiger partial charge in [-0.2, -0.15) is 5.10 Å². The predicted octanol–water partition coefficient (Wildman–Crippen LogP) is 9.70. The van der Waals surface area contributed by atoms with Gasteiger partial charge in [-0.25, -0.2) is 9.67 Å². The van der Waals surface area contributed by atoms with Crippen molar-refractivity contribution in [2.75, 3.05) is 0 Å². The third-order valence-corrected chi connectivity index (χ3v) is 8.68. The molecule has 0 saturated carbocycles. The Kier molecular flexibility index (Phi) is 6.78. The van der Waals surface area contributed by atoms with Crippen LogP contribution in [-0.2, 0) is 10.8 Å². The molecule has 46 heavy (non-hydrogen) atoms. The highest BCUT2D eigenvalue weighted by molar-refractivity contribution is 5.98. The smallest absolute Gasteiger partial charge is 0.149 e. The molecule has 2 heterocycles. The molecule has 6 heteroatoms. The molecule has 0 saturated heterocycles. The molecule has 7 aromatic rings. The van der Waals surface area contributed by atoms with Gasteiger partial charge in [-0.15, -0.1) is 0 Å². The van der Waals surface area contributed by atoms with Crippen molar-refractivity contribution in [3.05, 3.63) is 120 Å². The molecular weight excluding hydrogens is 568 g/mol. The number of phenols is 2. The number of hydrogen-bond donors (Lipinski definition) is 2. The van der Waals surface area contributed by atoms with Crippen LogP contribution in [0.15, 0.2) is 109 Å². The lowest BCUT2D eigenvalue weighted by molar-refractivity contribution is 0.446. The summed E-state index contributed by atoms with van der Waals surface area (Å²) in [6, 6.07) is 35.8. The Balaban J connectivity index is 1.54. The van der Waals surface area contributed by atoms with Gasteiger partial charge in [-0.1, -0.05) is 102 Å². The maximum atomic E-state index is 11.8. The summed E-state index contributed by atoms with van der Waals surface area (Å²) in [7, 11) is 0. The number of phenolic OH excluding ortho intramolecular Hbond substituents is 2. The lowest BCUT2D eigenvalue weighted by Crippen LogP contribution is -2.17. The van der Waals surface area contributed by atoms with Crippen molar-refractivity contribution in [3.63, 3.8) is 0 Å². The minimum atomic E-state index is -0.270. The van der Waals surface area contributed by atoms with Gasteiger partial charge in [0.05, 0.1) is 22.3 Å². The molecule has 0 unspecified atom stereocenters. The number of nitrogens with zero attached hydrogens (tertiary/aromatic N) is 4. The fourth-order valence-corrected chi connectivity index (χ4v) is 6.21. The molecule has 0 atom stereocenters. The topological polar surface area (TPSA) is 76.1 Å². The molecule has 0 radical (unpaired) electrons. The minimum Gasteiger partial charge on any atom is -0.507 e. The van der Waals surface area contributed by atoms with Gasteiger partial charge in [-0.3, -0.25) is 4.57 Å². The van der Waals surface area contributed by atoms with Crippen LogP contribution in [0.4, 0.5) is 0 Å². The molecule has 7 rings (SSSR count). The summed E-state index contributed by atoms with van der Waals surface area (Å²) >= 11 is 0. The number of benzene rings is 5. The van der Waals surface area contributed by atoms with Crippen molar-refractivity contribution in [2.24, 2.45) is 0 Å². The van der Waals surface area contributed by atoms with Crippen LogP contribution in [0.25, 0.3) is 56.0 Å². The first-order valence-electron chi connectivity index (χ1n) is 15.7. The second-order valence-corrected chi connectivity index (χ2v) is 14.0. The summed E-state index contributed by atoms with van der Waals surface area (Å²) in [6.45, 7) is 13.0. The standard InChI is InChI=1S/C40H38N4O2/c1-39(2,3)25-23-29(37(46)30(24-25)40(4,5)6)35-27-17-10-12-19-31(27)44(42-35)33-21-14-20-32-36(33)41-38(28-18-11-13-22-34(28)45)43(32)26-15-8-7-9-16-26/h7-24,45-46H,1-6H3. The Hall–Kier alpha value is -5.36. The molecule has 6 nitrogen and oxygen atoms in total. The van der Waals surface area contributed by atoms with Crippen molar-refractivity contribution in [3.8, 4) is 45.5 Å². The van der Waals surface area contributed by atoms with Gasteiger partial charge >= 0.3 is 0 Å². The zero-order chi connectivity index (χ0) is 32.4. The van der Waals surface area contributed by atoms with Gasteiger partial charge in [0.1, 0.15) is 28.5 Å². The van der Waals surface area contributed by atoms with E-state index in [0.29, 0.717) is 22.6 Å². The highest BCUT2D eigenvalue weighted by Crippen LogP contribution is 2.44. The summed E-state index contributed by atoms with van der Waals surface area (Å²) < 4.78 is 4.01. The van der Waals surface area contributed by atoms with Crippen LogP contribution in [0, 0.1) is 0 Å². The quantitative estimate of drug-likeness (QED) is 0.209. The molecule has 5 aromatic carbocycles. The summed E-state index contributed by atoms with van der Waals surface area (Å²) in [4.78, 5) is 5.19. The fourth-order valence-electron chi connectivity index (χ4n) is 6.21. The summed E-state index contributed by atoms with van der Waals surface area (Å²) in [5.41, 5.74) is 7.96. The van der Waals surface area contributed by atoms with E-state index in [4.69, 9.17) is 10.1 Å². The van der Waals surface area contributed by atoms with Crippen LogP contribution in [0.2, 0.25) is 0 Å². The Labute approximate surface area is 269 Å². The van der Waals surface area contributed by atoms with E-state index >= 15 is 0 Å². The lowest BCUT2D eigenvalue weighted by atomic mass is 9.78. The number of rotatable bonds is 4. The van der Waals surface area contributed by atoms with Crippen molar-refractivity contribution >= 4 is 21.9 Å². The summed E-state index contributed by atoms with van der Waals surface area (Å²) in [5, 5.41) is 28.9. The number of para-hydroxylation sites is 4. The fraction of sp³-hybridized carbons (Fsp3) is 0.200. The molecular formula is C40H38N4O2. The normalized spacial score (nSPS) is 12.3. The molecule has 0 aliphatic heterocycles. The SMILES string of the molecule is CC(C)(C)c1cc(-c2nn(-c3cccc4c3nc(-c3ccccc3O)n4-c3ccccc3)c3ccccc23)c(O)c(C(C)(C)C)c1. The zero-order valence-corrected chi connectivity index (χ0v) is 27.1. The second kappa shape index (κ2) is 10.6. The molecule has 0 fully saturated rings. The van der Waals surface area contributed by atoms with Gasteiger partial charge < -0.3 is 10.2 Å². The third-order valence-electron chi connectivity index (χ3n) is 8.68. The van der Waals surface area contributed by atoms with E-state index in [9.17, 15) is 10.2 Å². The number of fused-ring (bicyclic) bond motifs is 2. The zero-order valence-electron chi connectivity index (χ0n) is 27.1. The highest BCUT2D eigenvalue weighted by Gasteiger charge is 2.28. The van der Waals surface area contributed by atoms with Crippen LogP contribution < -0.4 is 0 Å². The number of aromatic nitrogens is 4. The predicted molar refractivity (Wildman–Crippen MR) is 187 cm³/mol. The summed E-state index contributed by atoms with van der Waals surface area (Å²) in [5.74, 6) is 1.05. The van der Waals surface area contributed by atoms with Crippen molar-refractivity contribution in [1.82, 2.24) is 19.3 Å². The molecule has 2 aromatic heterocycles. The van der Waals surface area contributed by atoms with Gasteiger partial charge in [0, 0.05) is 22.2 Å². The minimum absolute atomic E-state index is 0.129. The van der Waals surface area contributed by atoms with E-state index in [-0.39, 0.29) is 22.3 Å². The lowest BCUT2D eigenvalue weighted by Gasteiger charge is -2.27. The molecule has 0 spiro atoms. The van der Waals surface area contributed by atoms with Gasteiger partial charge in [0.15, 0.2) is 0 Å². The van der Waals surface area contributed by atoms with E-state index in [0.717, 1.165) is 44.4 Å². The maximum absolute atomic E-state index is 11.8. The van der Waals surface area contributed by atoms with E-state index in [1.54, 1.807) is 6.07 Å². The van der Waals surface area contributed by atoms with Gasteiger partial charge in [0.25, 0.3) is 0 Å². The highest BCUT2D eigenvalue weighted by atomic mass is 16.3. The molecule has 0 amide bonds. The van der Waals surface area contributed by atoms with Crippen LogP contribution in [-0.4, -0.2) is 29.5 Å². The Morgan fingerprint density at radius 1 is 0.630 bits per heavy atom. The molecule has 230 valence electrons. The molecule has 0 bridgehead atoms. The third kappa shape index (κ3) is 4.81. The van der Waals surface area contributed by atoms with Crippen LogP contribution >= 0.6 is 0 Å². The van der Waals surface area contributed by atoms with E-state index in [1.807, 2.05) is 83.5 Å². The van der Waals surface area contributed by atoms with E-state index in [2.05, 4.69) is 70.4 Å². The molecule has 2 N–H and O–H groups in total. The first-order chi connectivity index (χ1) is 21.9. The number of aromatic hydroxyl groups is 2. The Morgan fingerprint density at radius 2 is 1.30 bits per heavy atom. The number of imidazole rings is 1. The number of hydrogen-bond acceptors (Lipinski definition) is 4. The Morgan fingerprint density at radius 3 is 2.02 bits per heavy atom.